The minimum Gasteiger partial charge on any atom is -0.460 e. The van der Waals surface area contributed by atoms with Gasteiger partial charge >= 0.3 is 0 Å². The maximum atomic E-state index is 12.0. The summed E-state index contributed by atoms with van der Waals surface area (Å²) in [4.78, 5) is 14.4. The molecule has 1 fully saturated rings. The van der Waals surface area contributed by atoms with Crippen molar-refractivity contribution in [3.8, 4) is 0 Å². The summed E-state index contributed by atoms with van der Waals surface area (Å²) in [7, 11) is 0. The number of benzene rings is 1. The van der Waals surface area contributed by atoms with Gasteiger partial charge in [0.2, 0.25) is 5.91 Å². The van der Waals surface area contributed by atoms with Gasteiger partial charge in [-0.1, -0.05) is 24.6 Å². The normalized spacial score (nSPS) is 17.7. The number of aromatic nitrogens is 3. The number of carbonyl (C=O) groups is 1. The summed E-state index contributed by atoms with van der Waals surface area (Å²) < 4.78 is 8.22. The number of nitrogens with zero attached hydrogens (tertiary/aromatic N) is 4. The number of carbonyl (C=O) groups excluding carboxylic acids is 1. The van der Waals surface area contributed by atoms with Gasteiger partial charge in [0.1, 0.15) is 23.0 Å². The molecule has 0 atom stereocenters. The van der Waals surface area contributed by atoms with E-state index in [4.69, 9.17) is 4.42 Å². The maximum Gasteiger partial charge on any atom is 0.223 e. The third-order valence-corrected chi connectivity index (χ3v) is 6.18. The van der Waals surface area contributed by atoms with E-state index in [0.29, 0.717) is 6.54 Å². The predicted molar refractivity (Wildman–Crippen MR) is 109 cm³/mol. The lowest BCUT2D eigenvalue weighted by Gasteiger charge is -2.24. The molecule has 7 heteroatoms. The predicted octanol–water partition coefficient (Wildman–Crippen LogP) is 2.54. The molecule has 0 radical (unpaired) electrons. The second-order valence-corrected chi connectivity index (χ2v) is 8.13. The Morgan fingerprint density at radius 3 is 2.90 bits per heavy atom. The first-order chi connectivity index (χ1) is 14.3. The quantitative estimate of drug-likeness (QED) is 0.697. The van der Waals surface area contributed by atoms with Gasteiger partial charge in [0.25, 0.3) is 0 Å². The molecule has 7 nitrogen and oxygen atoms in total. The summed E-state index contributed by atoms with van der Waals surface area (Å²) in [5, 5.41) is 13.0. The van der Waals surface area contributed by atoms with Crippen LogP contribution in [0.1, 0.15) is 36.7 Å². The molecule has 0 bridgehead atoms. The van der Waals surface area contributed by atoms with E-state index < -0.39 is 0 Å². The summed E-state index contributed by atoms with van der Waals surface area (Å²) in [5.41, 5.74) is 0.945. The smallest absolute Gasteiger partial charge is 0.223 e. The second kappa shape index (κ2) is 7.99. The summed E-state index contributed by atoms with van der Waals surface area (Å²) in [5.74, 6) is 3.45. The molecule has 1 amide bonds. The van der Waals surface area contributed by atoms with Gasteiger partial charge in [0.15, 0.2) is 0 Å². The van der Waals surface area contributed by atoms with Crippen LogP contribution in [0.4, 0.5) is 0 Å². The molecule has 1 aliphatic carbocycles. The topological polar surface area (TPSA) is 76.2 Å². The fraction of sp³-hybridized carbons (Fsp3) is 0.500. The molecule has 2 aromatic heterocycles. The lowest BCUT2D eigenvalue weighted by atomic mass is 9.85. The average Bonchev–Trinajstić information content (AvgIpc) is 3.19. The van der Waals surface area contributed by atoms with Crippen LogP contribution in [0.3, 0.4) is 0 Å². The molecule has 1 aromatic carbocycles. The molecule has 1 saturated carbocycles. The van der Waals surface area contributed by atoms with Gasteiger partial charge in [-0.2, -0.15) is 0 Å². The number of amides is 1. The van der Waals surface area contributed by atoms with E-state index in [1.165, 1.54) is 6.42 Å². The fourth-order valence-electron chi connectivity index (χ4n) is 4.22. The van der Waals surface area contributed by atoms with Gasteiger partial charge in [0, 0.05) is 50.3 Å². The lowest BCUT2D eigenvalue weighted by Crippen LogP contribution is -2.35. The lowest BCUT2D eigenvalue weighted by molar-refractivity contribution is -0.127. The highest BCUT2D eigenvalue weighted by Gasteiger charge is 2.25. The standard InChI is InChI=1S/C22H27N5O2/c28-22(16-5-3-6-16)23-10-8-20-24-25-21-9-11-26(12-13-27(20)21)15-18-14-17-4-1-2-7-19(17)29-18/h1-2,4,7,14,16H,3,5-6,8-13,15H2,(H,23,28). The van der Waals surface area contributed by atoms with Gasteiger partial charge < -0.3 is 14.3 Å². The van der Waals surface area contributed by atoms with Crippen LogP contribution >= 0.6 is 0 Å². The van der Waals surface area contributed by atoms with Crippen LogP contribution in [-0.4, -0.2) is 45.2 Å². The average molecular weight is 393 g/mol. The summed E-state index contributed by atoms with van der Waals surface area (Å²) in [6, 6.07) is 10.3. The van der Waals surface area contributed by atoms with Crippen molar-refractivity contribution in [2.45, 2.75) is 45.2 Å². The first-order valence-corrected chi connectivity index (χ1v) is 10.6. The van der Waals surface area contributed by atoms with E-state index in [2.05, 4.69) is 37.1 Å². The molecule has 29 heavy (non-hydrogen) atoms. The highest BCUT2D eigenvalue weighted by Crippen LogP contribution is 2.26. The van der Waals surface area contributed by atoms with Crippen LogP contribution in [-0.2, 0) is 30.7 Å². The molecular formula is C22H27N5O2. The number of nitrogens with one attached hydrogen (secondary N) is 1. The highest BCUT2D eigenvalue weighted by atomic mass is 16.3. The Morgan fingerprint density at radius 1 is 1.17 bits per heavy atom. The minimum absolute atomic E-state index is 0.198. The zero-order chi connectivity index (χ0) is 19.6. The number of furan rings is 1. The van der Waals surface area contributed by atoms with E-state index >= 15 is 0 Å². The summed E-state index contributed by atoms with van der Waals surface area (Å²) in [6.07, 6.45) is 4.86. The van der Waals surface area contributed by atoms with Crippen LogP contribution in [0, 0.1) is 5.92 Å². The third-order valence-electron chi connectivity index (χ3n) is 6.18. The molecule has 5 rings (SSSR count). The number of hydrogen-bond acceptors (Lipinski definition) is 5. The number of fused-ring (bicyclic) bond motifs is 2. The molecule has 0 spiro atoms. The van der Waals surface area contributed by atoms with Crippen molar-refractivity contribution in [3.63, 3.8) is 0 Å². The van der Waals surface area contributed by atoms with Crippen LogP contribution < -0.4 is 5.32 Å². The van der Waals surface area contributed by atoms with Crippen molar-refractivity contribution in [1.29, 1.82) is 0 Å². The Labute approximate surface area is 170 Å². The number of para-hydroxylation sites is 1. The van der Waals surface area contributed by atoms with Crippen molar-refractivity contribution in [1.82, 2.24) is 25.0 Å². The Bertz CT molecular complexity index is 971. The van der Waals surface area contributed by atoms with Crippen LogP contribution in [0.5, 0.6) is 0 Å². The van der Waals surface area contributed by atoms with Gasteiger partial charge in [0.05, 0.1) is 6.54 Å². The molecule has 1 aliphatic heterocycles. The largest absolute Gasteiger partial charge is 0.460 e. The minimum atomic E-state index is 0.198. The van der Waals surface area contributed by atoms with E-state index in [-0.39, 0.29) is 11.8 Å². The van der Waals surface area contributed by atoms with Gasteiger partial charge in [-0.3, -0.25) is 9.69 Å². The maximum absolute atomic E-state index is 12.0. The zero-order valence-corrected chi connectivity index (χ0v) is 16.6. The first kappa shape index (κ1) is 18.4. The Balaban J connectivity index is 1.17. The van der Waals surface area contributed by atoms with Gasteiger partial charge in [-0.05, 0) is 25.0 Å². The SMILES string of the molecule is O=C(NCCc1nnc2n1CCN(Cc1cc3ccccc3o1)CC2)C1CCC1. The molecule has 1 N–H and O–H groups in total. The Hall–Kier alpha value is -2.67. The van der Waals surface area contributed by atoms with E-state index in [1.807, 2.05) is 18.2 Å². The van der Waals surface area contributed by atoms with E-state index in [1.54, 1.807) is 0 Å². The van der Waals surface area contributed by atoms with Crippen molar-refractivity contribution < 1.29 is 9.21 Å². The van der Waals surface area contributed by atoms with Crippen molar-refractivity contribution >= 4 is 16.9 Å². The molecule has 0 saturated heterocycles. The summed E-state index contributed by atoms with van der Waals surface area (Å²) >= 11 is 0. The van der Waals surface area contributed by atoms with Crippen molar-refractivity contribution in [2.75, 3.05) is 19.6 Å². The molecule has 3 heterocycles. The highest BCUT2D eigenvalue weighted by molar-refractivity contribution is 5.79. The monoisotopic (exact) mass is 393 g/mol. The molecule has 152 valence electrons. The van der Waals surface area contributed by atoms with Crippen LogP contribution in [0.2, 0.25) is 0 Å². The summed E-state index contributed by atoms with van der Waals surface area (Å²) in [6.45, 7) is 4.18. The zero-order valence-electron chi connectivity index (χ0n) is 16.6. The number of hydrogen-bond donors (Lipinski definition) is 1. The van der Waals surface area contributed by atoms with E-state index in [9.17, 15) is 4.79 Å². The number of rotatable bonds is 6. The van der Waals surface area contributed by atoms with Crippen LogP contribution in [0.25, 0.3) is 11.0 Å². The van der Waals surface area contributed by atoms with Crippen molar-refractivity contribution in [3.05, 3.63) is 47.7 Å². The third kappa shape index (κ3) is 3.92. The molecule has 2 aliphatic rings. The Morgan fingerprint density at radius 2 is 2.07 bits per heavy atom. The molecular weight excluding hydrogens is 366 g/mol. The molecule has 3 aromatic rings. The fourth-order valence-corrected chi connectivity index (χ4v) is 4.22. The van der Waals surface area contributed by atoms with E-state index in [0.717, 1.165) is 80.2 Å². The van der Waals surface area contributed by atoms with Gasteiger partial charge in [-0.15, -0.1) is 10.2 Å². The molecule has 0 unspecified atom stereocenters. The second-order valence-electron chi connectivity index (χ2n) is 8.13. The first-order valence-electron chi connectivity index (χ1n) is 10.6. The van der Waals surface area contributed by atoms with Crippen LogP contribution in [0.15, 0.2) is 34.7 Å². The van der Waals surface area contributed by atoms with Gasteiger partial charge in [-0.25, -0.2) is 0 Å². The van der Waals surface area contributed by atoms with Crippen molar-refractivity contribution in [2.24, 2.45) is 5.92 Å². The Kier molecular flexibility index (Phi) is 5.06.